The van der Waals surface area contributed by atoms with Crippen molar-refractivity contribution >= 4 is 0 Å². The van der Waals surface area contributed by atoms with Gasteiger partial charge >= 0.3 is 0 Å². The van der Waals surface area contributed by atoms with Crippen molar-refractivity contribution in [1.29, 1.82) is 0 Å². The molecule has 0 aromatic heterocycles. The van der Waals surface area contributed by atoms with Gasteiger partial charge in [0.05, 0.1) is 5.60 Å². The zero-order valence-electron chi connectivity index (χ0n) is 9.58. The van der Waals surface area contributed by atoms with Gasteiger partial charge < -0.3 is 14.7 Å². The molecule has 15 heavy (non-hydrogen) atoms. The van der Waals surface area contributed by atoms with Gasteiger partial charge in [-0.25, -0.2) is 0 Å². The van der Waals surface area contributed by atoms with E-state index < -0.39 is 5.60 Å². The summed E-state index contributed by atoms with van der Waals surface area (Å²) < 4.78 is 5.30. The van der Waals surface area contributed by atoms with E-state index in [2.05, 4.69) is 4.90 Å². The van der Waals surface area contributed by atoms with Gasteiger partial charge in [-0.2, -0.15) is 0 Å². The molecule has 0 unspecified atom stereocenters. The molecule has 0 atom stereocenters. The maximum absolute atomic E-state index is 10.4. The van der Waals surface area contributed by atoms with Crippen molar-refractivity contribution in [2.45, 2.75) is 44.1 Å². The maximum atomic E-state index is 10.4. The first kappa shape index (κ1) is 11.4. The molecule has 2 aliphatic heterocycles. The minimum absolute atomic E-state index is 0.470. The van der Waals surface area contributed by atoms with E-state index in [1.54, 1.807) is 0 Å². The van der Waals surface area contributed by atoms with Crippen LogP contribution in [-0.4, -0.2) is 48.5 Å². The first-order chi connectivity index (χ1) is 7.29. The minimum atomic E-state index is -0.470. The van der Waals surface area contributed by atoms with Crippen molar-refractivity contribution in [3.63, 3.8) is 0 Å². The summed E-state index contributed by atoms with van der Waals surface area (Å²) in [6, 6.07) is 0. The zero-order chi connectivity index (χ0) is 10.6. The lowest BCUT2D eigenvalue weighted by Gasteiger charge is -2.36. The molecular formula is C12H23NO2. The number of rotatable bonds is 2. The highest BCUT2D eigenvalue weighted by Crippen LogP contribution is 2.23. The van der Waals surface area contributed by atoms with Crippen molar-refractivity contribution in [2.24, 2.45) is 0 Å². The molecule has 2 aliphatic rings. The Kier molecular flexibility index (Phi) is 4.00. The highest BCUT2D eigenvalue weighted by Gasteiger charge is 2.31. The Morgan fingerprint density at radius 2 is 1.60 bits per heavy atom. The largest absolute Gasteiger partial charge is 0.388 e. The molecule has 2 fully saturated rings. The average Bonchev–Trinajstić information content (AvgIpc) is 2.47. The monoisotopic (exact) mass is 213 g/mol. The third-order valence-corrected chi connectivity index (χ3v) is 3.64. The fourth-order valence-corrected chi connectivity index (χ4v) is 2.62. The van der Waals surface area contributed by atoms with Crippen molar-refractivity contribution in [2.75, 3.05) is 32.8 Å². The van der Waals surface area contributed by atoms with E-state index in [0.717, 1.165) is 32.6 Å². The SMILES string of the molecule is OC1(CN2CCCCCC2)CCOCC1. The molecule has 1 N–H and O–H groups in total. The van der Waals surface area contributed by atoms with E-state index in [0.29, 0.717) is 0 Å². The molecule has 0 amide bonds. The van der Waals surface area contributed by atoms with E-state index in [1.807, 2.05) is 0 Å². The second kappa shape index (κ2) is 5.28. The van der Waals surface area contributed by atoms with Gasteiger partial charge in [0.1, 0.15) is 0 Å². The number of hydrogen-bond acceptors (Lipinski definition) is 3. The van der Waals surface area contributed by atoms with E-state index in [4.69, 9.17) is 4.74 Å². The zero-order valence-corrected chi connectivity index (χ0v) is 9.58. The number of aliphatic hydroxyl groups is 1. The van der Waals surface area contributed by atoms with E-state index in [1.165, 1.54) is 38.8 Å². The predicted octanol–water partition coefficient (Wildman–Crippen LogP) is 1.40. The number of ether oxygens (including phenoxy) is 1. The Morgan fingerprint density at radius 3 is 2.20 bits per heavy atom. The number of β-amino-alcohol motifs (C(OH)–C–C–N with tert-alkyl or cyclic N) is 1. The Bertz CT molecular complexity index is 182. The van der Waals surface area contributed by atoms with Crippen LogP contribution in [0.25, 0.3) is 0 Å². The molecule has 0 saturated carbocycles. The second-order valence-electron chi connectivity index (χ2n) is 5.03. The van der Waals surface area contributed by atoms with Crippen LogP contribution in [0.2, 0.25) is 0 Å². The molecule has 0 spiro atoms. The van der Waals surface area contributed by atoms with E-state index in [-0.39, 0.29) is 0 Å². The third kappa shape index (κ3) is 3.44. The Hall–Kier alpha value is -0.120. The number of nitrogens with zero attached hydrogens (tertiary/aromatic N) is 1. The Labute approximate surface area is 92.4 Å². The summed E-state index contributed by atoms with van der Waals surface area (Å²) in [6.45, 7) is 4.65. The summed E-state index contributed by atoms with van der Waals surface area (Å²) >= 11 is 0. The summed E-state index contributed by atoms with van der Waals surface area (Å²) in [6.07, 6.45) is 6.93. The highest BCUT2D eigenvalue weighted by molar-refractivity contribution is 4.85. The van der Waals surface area contributed by atoms with Crippen molar-refractivity contribution in [3.05, 3.63) is 0 Å². The fraction of sp³-hybridized carbons (Fsp3) is 1.00. The summed E-state index contributed by atoms with van der Waals surface area (Å²) in [5.41, 5.74) is -0.470. The van der Waals surface area contributed by atoms with Crippen LogP contribution < -0.4 is 0 Å². The smallest absolute Gasteiger partial charge is 0.0817 e. The molecule has 3 nitrogen and oxygen atoms in total. The van der Waals surface area contributed by atoms with Gasteiger partial charge in [-0.05, 0) is 25.9 Å². The molecule has 0 bridgehead atoms. The van der Waals surface area contributed by atoms with Crippen LogP contribution in [0.1, 0.15) is 38.5 Å². The predicted molar refractivity (Wildman–Crippen MR) is 59.9 cm³/mol. The molecule has 0 aromatic rings. The van der Waals surface area contributed by atoms with Crippen molar-refractivity contribution in [3.8, 4) is 0 Å². The lowest BCUT2D eigenvalue weighted by atomic mass is 9.93. The van der Waals surface area contributed by atoms with E-state index >= 15 is 0 Å². The second-order valence-corrected chi connectivity index (χ2v) is 5.03. The molecule has 2 saturated heterocycles. The van der Waals surface area contributed by atoms with Crippen LogP contribution in [0.5, 0.6) is 0 Å². The molecular weight excluding hydrogens is 190 g/mol. The van der Waals surface area contributed by atoms with Crippen LogP contribution in [-0.2, 0) is 4.74 Å². The Morgan fingerprint density at radius 1 is 1.00 bits per heavy atom. The fourth-order valence-electron chi connectivity index (χ4n) is 2.62. The van der Waals surface area contributed by atoms with Crippen LogP contribution in [0.3, 0.4) is 0 Å². The molecule has 2 rings (SSSR count). The maximum Gasteiger partial charge on any atom is 0.0817 e. The topological polar surface area (TPSA) is 32.7 Å². The Balaban J connectivity index is 1.82. The van der Waals surface area contributed by atoms with Gasteiger partial charge in [0.25, 0.3) is 0 Å². The molecule has 88 valence electrons. The van der Waals surface area contributed by atoms with Crippen LogP contribution in [0, 0.1) is 0 Å². The van der Waals surface area contributed by atoms with Crippen molar-refractivity contribution < 1.29 is 9.84 Å². The summed E-state index contributed by atoms with van der Waals surface area (Å²) in [4.78, 5) is 2.44. The lowest BCUT2D eigenvalue weighted by Crippen LogP contribution is -2.47. The lowest BCUT2D eigenvalue weighted by molar-refractivity contribution is -0.0794. The number of likely N-dealkylation sites (tertiary alicyclic amines) is 1. The van der Waals surface area contributed by atoms with Gasteiger partial charge in [-0.3, -0.25) is 0 Å². The molecule has 0 radical (unpaired) electrons. The van der Waals surface area contributed by atoms with E-state index in [9.17, 15) is 5.11 Å². The van der Waals surface area contributed by atoms with Gasteiger partial charge in [-0.1, -0.05) is 12.8 Å². The average molecular weight is 213 g/mol. The molecule has 2 heterocycles. The summed E-state index contributed by atoms with van der Waals surface area (Å²) in [5, 5.41) is 10.4. The normalized spacial score (nSPS) is 28.6. The van der Waals surface area contributed by atoms with Gasteiger partial charge in [-0.15, -0.1) is 0 Å². The van der Waals surface area contributed by atoms with Crippen LogP contribution in [0.4, 0.5) is 0 Å². The molecule has 3 heteroatoms. The molecule has 0 aromatic carbocycles. The summed E-state index contributed by atoms with van der Waals surface area (Å²) in [5.74, 6) is 0. The van der Waals surface area contributed by atoms with Gasteiger partial charge in [0.2, 0.25) is 0 Å². The minimum Gasteiger partial charge on any atom is -0.388 e. The van der Waals surface area contributed by atoms with Gasteiger partial charge in [0.15, 0.2) is 0 Å². The first-order valence-electron chi connectivity index (χ1n) is 6.31. The third-order valence-electron chi connectivity index (χ3n) is 3.64. The summed E-state index contributed by atoms with van der Waals surface area (Å²) in [7, 11) is 0. The van der Waals surface area contributed by atoms with Crippen molar-refractivity contribution in [1.82, 2.24) is 4.90 Å². The highest BCUT2D eigenvalue weighted by atomic mass is 16.5. The quantitative estimate of drug-likeness (QED) is 0.752. The number of hydrogen-bond donors (Lipinski definition) is 1. The van der Waals surface area contributed by atoms with Crippen LogP contribution >= 0.6 is 0 Å². The molecule has 0 aliphatic carbocycles. The first-order valence-corrected chi connectivity index (χ1v) is 6.31. The standard InChI is InChI=1S/C12H23NO2/c14-12(5-9-15-10-6-12)11-13-7-3-1-2-4-8-13/h14H,1-11H2. The van der Waals surface area contributed by atoms with Gasteiger partial charge in [0, 0.05) is 32.6 Å². The van der Waals surface area contributed by atoms with Crippen LogP contribution in [0.15, 0.2) is 0 Å².